The molecular weight excluding hydrogens is 296 g/mol. The molecule has 1 aromatic carbocycles. The van der Waals surface area contributed by atoms with E-state index in [1.165, 1.54) is 0 Å². The molecule has 0 spiro atoms. The highest BCUT2D eigenvalue weighted by molar-refractivity contribution is 7.11. The van der Waals surface area contributed by atoms with E-state index in [1.54, 1.807) is 11.3 Å². The second-order valence-corrected chi connectivity index (χ2v) is 6.60. The van der Waals surface area contributed by atoms with Crippen molar-refractivity contribution in [3.63, 3.8) is 0 Å². The number of fused-ring (bicyclic) bond motifs is 2. The van der Waals surface area contributed by atoms with Gasteiger partial charge in [0.2, 0.25) is 0 Å². The third-order valence-corrected chi connectivity index (χ3v) is 5.10. The van der Waals surface area contributed by atoms with Gasteiger partial charge in [-0.05, 0) is 12.1 Å². The number of carbonyl (C=O) groups excluding carboxylic acids is 1. The van der Waals surface area contributed by atoms with E-state index < -0.39 is 0 Å². The lowest BCUT2D eigenvalue weighted by atomic mass is 10.1. The summed E-state index contributed by atoms with van der Waals surface area (Å²) in [5.41, 5.74) is 8.39. The number of thiazole rings is 1. The van der Waals surface area contributed by atoms with Crippen LogP contribution in [0.1, 0.15) is 26.1 Å². The molecule has 3 aromatic rings. The van der Waals surface area contributed by atoms with Crippen LogP contribution < -0.4 is 5.73 Å². The van der Waals surface area contributed by atoms with Crippen LogP contribution in [-0.4, -0.2) is 27.3 Å². The first-order valence-electron chi connectivity index (χ1n) is 7.29. The van der Waals surface area contributed by atoms with Gasteiger partial charge in [-0.1, -0.05) is 18.2 Å². The van der Waals surface area contributed by atoms with Crippen LogP contribution in [0, 0.1) is 0 Å². The van der Waals surface area contributed by atoms with Gasteiger partial charge in [-0.3, -0.25) is 4.79 Å². The summed E-state index contributed by atoms with van der Waals surface area (Å²) in [4.78, 5) is 23.5. The number of hydrogen-bond donors (Lipinski definition) is 2. The van der Waals surface area contributed by atoms with Crippen molar-refractivity contribution in [3.05, 3.63) is 51.6 Å². The fourth-order valence-electron chi connectivity index (χ4n) is 2.87. The van der Waals surface area contributed by atoms with Gasteiger partial charge in [0.15, 0.2) is 0 Å². The predicted molar refractivity (Wildman–Crippen MR) is 86.7 cm³/mol. The van der Waals surface area contributed by atoms with Gasteiger partial charge in [-0.15, -0.1) is 11.3 Å². The Labute approximate surface area is 131 Å². The van der Waals surface area contributed by atoms with Crippen LogP contribution in [-0.2, 0) is 19.5 Å². The minimum absolute atomic E-state index is 0.0459. The first kappa shape index (κ1) is 13.5. The van der Waals surface area contributed by atoms with E-state index in [2.05, 4.69) is 9.97 Å². The quantitative estimate of drug-likeness (QED) is 0.762. The van der Waals surface area contributed by atoms with Gasteiger partial charge in [0, 0.05) is 35.3 Å². The Bertz CT molecular complexity index is 818. The summed E-state index contributed by atoms with van der Waals surface area (Å²) >= 11 is 1.62. The molecule has 6 heteroatoms. The molecule has 1 aliphatic rings. The van der Waals surface area contributed by atoms with E-state index in [0.29, 0.717) is 25.3 Å². The second-order valence-electron chi connectivity index (χ2n) is 5.43. The molecule has 1 aliphatic heterocycles. The summed E-state index contributed by atoms with van der Waals surface area (Å²) in [6.07, 6.45) is 0.803. The molecule has 0 atom stereocenters. The molecule has 0 unspecified atom stereocenters. The zero-order valence-electron chi connectivity index (χ0n) is 12.0. The van der Waals surface area contributed by atoms with E-state index >= 15 is 0 Å². The average Bonchev–Trinajstić information content (AvgIpc) is 3.16. The molecule has 2 aromatic heterocycles. The van der Waals surface area contributed by atoms with Crippen molar-refractivity contribution in [3.8, 4) is 0 Å². The number of aromatic nitrogens is 2. The summed E-state index contributed by atoms with van der Waals surface area (Å²) < 4.78 is 0. The first-order valence-corrected chi connectivity index (χ1v) is 8.11. The van der Waals surface area contributed by atoms with Gasteiger partial charge < -0.3 is 15.6 Å². The predicted octanol–water partition coefficient (Wildman–Crippen LogP) is 2.28. The van der Waals surface area contributed by atoms with Crippen molar-refractivity contribution in [2.24, 2.45) is 5.73 Å². The maximum atomic E-state index is 12.7. The molecule has 0 saturated heterocycles. The Morgan fingerprint density at radius 3 is 3.09 bits per heavy atom. The van der Waals surface area contributed by atoms with Crippen LogP contribution in [0.5, 0.6) is 0 Å². The molecule has 0 bridgehead atoms. The number of para-hydroxylation sites is 1. The molecule has 5 nitrogen and oxygen atoms in total. The number of nitrogens with two attached hydrogens (primary N) is 1. The number of carbonyl (C=O) groups is 1. The highest BCUT2D eigenvalue weighted by atomic mass is 32.1. The van der Waals surface area contributed by atoms with E-state index in [9.17, 15) is 4.79 Å². The maximum absolute atomic E-state index is 12.7. The number of aromatic amines is 1. The topological polar surface area (TPSA) is 75.0 Å². The van der Waals surface area contributed by atoms with Crippen molar-refractivity contribution in [2.45, 2.75) is 19.5 Å². The fourth-order valence-corrected chi connectivity index (χ4v) is 3.88. The maximum Gasteiger partial charge on any atom is 0.270 e. The Kier molecular flexibility index (Phi) is 3.20. The fraction of sp³-hybridized carbons (Fsp3) is 0.250. The molecule has 22 heavy (non-hydrogen) atoms. The number of rotatable bonds is 2. The lowest BCUT2D eigenvalue weighted by molar-refractivity contribution is 0.0731. The van der Waals surface area contributed by atoms with Gasteiger partial charge in [0.05, 0.1) is 12.2 Å². The van der Waals surface area contributed by atoms with Gasteiger partial charge in [0.25, 0.3) is 5.91 Å². The molecule has 1 amide bonds. The van der Waals surface area contributed by atoms with Gasteiger partial charge in [0.1, 0.15) is 10.7 Å². The Hall–Kier alpha value is -2.18. The number of hydrogen-bond acceptors (Lipinski definition) is 4. The van der Waals surface area contributed by atoms with Crippen molar-refractivity contribution in [1.82, 2.24) is 14.9 Å². The van der Waals surface area contributed by atoms with Crippen molar-refractivity contribution in [1.29, 1.82) is 0 Å². The summed E-state index contributed by atoms with van der Waals surface area (Å²) in [7, 11) is 0. The molecule has 0 radical (unpaired) electrons. The summed E-state index contributed by atoms with van der Waals surface area (Å²) in [6, 6.07) is 9.85. The number of benzene rings is 1. The van der Waals surface area contributed by atoms with Gasteiger partial charge >= 0.3 is 0 Å². The standard InChI is InChI=1S/C16H16N4OS/c17-8-15-19-12-5-6-20(9-14(12)22-15)16(21)13-7-10-3-1-2-4-11(10)18-13/h1-4,7,18H,5-6,8-9,17H2. The third-order valence-electron chi connectivity index (χ3n) is 4.00. The van der Waals surface area contributed by atoms with E-state index in [4.69, 9.17) is 5.73 Å². The molecule has 4 rings (SSSR count). The molecule has 112 valence electrons. The van der Waals surface area contributed by atoms with Crippen LogP contribution in [0.4, 0.5) is 0 Å². The molecule has 0 aliphatic carbocycles. The highest BCUT2D eigenvalue weighted by Crippen LogP contribution is 2.26. The van der Waals surface area contributed by atoms with Crippen LogP contribution in [0.2, 0.25) is 0 Å². The largest absolute Gasteiger partial charge is 0.351 e. The SMILES string of the molecule is NCc1nc2c(s1)CN(C(=O)c1cc3ccccc3[nH]1)CC2. The normalized spacial score (nSPS) is 14.3. The monoisotopic (exact) mass is 312 g/mol. The number of nitrogens with one attached hydrogen (secondary N) is 1. The molecule has 0 saturated carbocycles. The number of H-pyrrole nitrogens is 1. The number of amides is 1. The van der Waals surface area contributed by atoms with Crippen LogP contribution in [0.3, 0.4) is 0 Å². The van der Waals surface area contributed by atoms with Gasteiger partial charge in [-0.2, -0.15) is 0 Å². The minimum Gasteiger partial charge on any atom is -0.351 e. The van der Waals surface area contributed by atoms with Gasteiger partial charge in [-0.25, -0.2) is 4.98 Å². The van der Waals surface area contributed by atoms with E-state index in [-0.39, 0.29) is 5.91 Å². The van der Waals surface area contributed by atoms with Crippen LogP contribution in [0.15, 0.2) is 30.3 Å². The lowest BCUT2D eigenvalue weighted by Gasteiger charge is -2.25. The summed E-state index contributed by atoms with van der Waals surface area (Å²) in [5, 5.41) is 2.01. The molecule has 0 fully saturated rings. The average molecular weight is 312 g/mol. The van der Waals surface area contributed by atoms with Crippen LogP contribution >= 0.6 is 11.3 Å². The lowest BCUT2D eigenvalue weighted by Crippen LogP contribution is -2.35. The molecule has 3 heterocycles. The highest BCUT2D eigenvalue weighted by Gasteiger charge is 2.25. The second kappa shape index (κ2) is 5.23. The first-order chi connectivity index (χ1) is 10.7. The van der Waals surface area contributed by atoms with Crippen molar-refractivity contribution >= 4 is 28.1 Å². The Morgan fingerprint density at radius 2 is 2.27 bits per heavy atom. The number of nitrogens with zero attached hydrogens (tertiary/aromatic N) is 2. The van der Waals surface area contributed by atoms with Crippen molar-refractivity contribution in [2.75, 3.05) is 6.54 Å². The molecule has 3 N–H and O–H groups in total. The van der Waals surface area contributed by atoms with Crippen LogP contribution in [0.25, 0.3) is 10.9 Å². The zero-order chi connectivity index (χ0) is 15.1. The minimum atomic E-state index is 0.0459. The third kappa shape index (κ3) is 2.20. The van der Waals surface area contributed by atoms with E-state index in [0.717, 1.165) is 32.9 Å². The summed E-state index contributed by atoms with van der Waals surface area (Å²) in [5.74, 6) is 0.0459. The van der Waals surface area contributed by atoms with Crippen molar-refractivity contribution < 1.29 is 4.79 Å². The summed E-state index contributed by atoms with van der Waals surface area (Å²) in [6.45, 7) is 1.80. The molecular formula is C16H16N4OS. The zero-order valence-corrected chi connectivity index (χ0v) is 12.8. The Morgan fingerprint density at radius 1 is 1.41 bits per heavy atom. The Balaban J connectivity index is 1.60. The van der Waals surface area contributed by atoms with E-state index in [1.807, 2.05) is 35.2 Å². The smallest absolute Gasteiger partial charge is 0.270 e.